The third-order valence-corrected chi connectivity index (χ3v) is 6.30. The number of benzene rings is 3. The minimum absolute atomic E-state index is 0.172. The lowest BCUT2D eigenvalue weighted by atomic mass is 10.0. The molecule has 2 amide bonds. The number of hydrogen-bond donors (Lipinski definition) is 2. The molecule has 0 fully saturated rings. The SMILES string of the molecule is Cc1[nH]c2ccccc2c1CC(=O)N[C@@H](Cc1ccccc1)C(=O)N(CCC#N)Cc1ccccc1. The molecule has 1 aromatic heterocycles. The van der Waals surface area contributed by atoms with Gasteiger partial charge in [0.05, 0.1) is 18.9 Å². The highest BCUT2D eigenvalue weighted by Crippen LogP contribution is 2.22. The fourth-order valence-corrected chi connectivity index (χ4v) is 4.49. The molecule has 1 atom stereocenters. The molecule has 3 aromatic carbocycles. The van der Waals surface area contributed by atoms with Crippen molar-refractivity contribution in [3.63, 3.8) is 0 Å². The first-order chi connectivity index (χ1) is 17.5. The molecule has 0 aliphatic rings. The summed E-state index contributed by atoms with van der Waals surface area (Å²) in [7, 11) is 0. The van der Waals surface area contributed by atoms with Gasteiger partial charge in [0.25, 0.3) is 0 Å². The van der Waals surface area contributed by atoms with E-state index in [1.54, 1.807) is 4.90 Å². The maximum atomic E-state index is 13.8. The van der Waals surface area contributed by atoms with Crippen molar-refractivity contribution in [3.05, 3.63) is 107 Å². The Bertz CT molecular complexity index is 1360. The van der Waals surface area contributed by atoms with Crippen LogP contribution in [0.15, 0.2) is 84.9 Å². The lowest BCUT2D eigenvalue weighted by Crippen LogP contribution is -2.50. The van der Waals surface area contributed by atoms with Crippen LogP contribution in [0.25, 0.3) is 10.9 Å². The number of nitrogens with zero attached hydrogens (tertiary/aromatic N) is 2. The molecule has 0 saturated heterocycles. The summed E-state index contributed by atoms with van der Waals surface area (Å²) in [6.45, 7) is 2.63. The summed E-state index contributed by atoms with van der Waals surface area (Å²) < 4.78 is 0. The number of aromatic amines is 1. The van der Waals surface area contributed by atoms with E-state index in [4.69, 9.17) is 0 Å². The van der Waals surface area contributed by atoms with E-state index >= 15 is 0 Å². The summed E-state index contributed by atoms with van der Waals surface area (Å²) in [4.78, 5) is 32.0. The van der Waals surface area contributed by atoms with Gasteiger partial charge in [0.15, 0.2) is 0 Å². The molecular weight excluding hydrogens is 448 g/mol. The predicted octanol–water partition coefficient (Wildman–Crippen LogP) is 4.69. The maximum absolute atomic E-state index is 13.8. The van der Waals surface area contributed by atoms with Crippen molar-refractivity contribution in [2.75, 3.05) is 6.54 Å². The second-order valence-electron chi connectivity index (χ2n) is 8.91. The Labute approximate surface area is 211 Å². The van der Waals surface area contributed by atoms with Crippen molar-refractivity contribution in [1.29, 1.82) is 5.26 Å². The largest absolute Gasteiger partial charge is 0.358 e. The van der Waals surface area contributed by atoms with Crippen molar-refractivity contribution in [3.8, 4) is 6.07 Å². The molecule has 0 bridgehead atoms. The number of para-hydroxylation sites is 1. The summed E-state index contributed by atoms with van der Waals surface area (Å²) in [6, 6.07) is 28.7. The van der Waals surface area contributed by atoms with Crippen molar-refractivity contribution in [1.82, 2.24) is 15.2 Å². The number of amides is 2. The Kier molecular flexibility index (Phi) is 8.15. The zero-order chi connectivity index (χ0) is 25.3. The first-order valence-electron chi connectivity index (χ1n) is 12.1. The van der Waals surface area contributed by atoms with E-state index in [1.165, 1.54) is 0 Å². The summed E-state index contributed by atoms with van der Waals surface area (Å²) in [5, 5.41) is 13.2. The molecule has 4 rings (SSSR count). The van der Waals surface area contributed by atoms with Crippen molar-refractivity contribution < 1.29 is 9.59 Å². The number of hydrogen-bond acceptors (Lipinski definition) is 3. The molecule has 0 saturated carbocycles. The normalized spacial score (nSPS) is 11.6. The van der Waals surface area contributed by atoms with Crippen LogP contribution in [-0.2, 0) is 29.0 Å². The van der Waals surface area contributed by atoms with E-state index in [2.05, 4.69) is 16.4 Å². The number of carbonyl (C=O) groups is 2. The fourth-order valence-electron chi connectivity index (χ4n) is 4.49. The van der Waals surface area contributed by atoms with Gasteiger partial charge in [-0.15, -0.1) is 0 Å². The van der Waals surface area contributed by atoms with Gasteiger partial charge in [0.1, 0.15) is 6.04 Å². The minimum Gasteiger partial charge on any atom is -0.358 e. The molecule has 36 heavy (non-hydrogen) atoms. The van der Waals surface area contributed by atoms with Crippen LogP contribution in [0.3, 0.4) is 0 Å². The van der Waals surface area contributed by atoms with Crippen LogP contribution in [0.1, 0.15) is 28.8 Å². The standard InChI is InChI=1S/C30H30N4O2/c1-22-26(25-15-8-9-16-27(25)32-22)20-29(35)33-28(19-23-11-4-2-5-12-23)30(36)34(18-10-17-31)21-24-13-6-3-7-14-24/h2-9,11-16,28,32H,10,18-21H2,1H3,(H,33,35)/t28-/m0/s1. The monoisotopic (exact) mass is 478 g/mol. The highest BCUT2D eigenvalue weighted by atomic mass is 16.2. The Balaban J connectivity index is 1.57. The van der Waals surface area contributed by atoms with E-state index in [0.29, 0.717) is 19.5 Å². The second kappa shape index (κ2) is 11.9. The van der Waals surface area contributed by atoms with Crippen molar-refractivity contribution in [2.45, 2.75) is 38.8 Å². The van der Waals surface area contributed by atoms with Crippen LogP contribution in [-0.4, -0.2) is 34.3 Å². The summed E-state index contributed by atoms with van der Waals surface area (Å²) >= 11 is 0. The maximum Gasteiger partial charge on any atom is 0.245 e. The molecule has 0 radical (unpaired) electrons. The molecule has 6 heteroatoms. The number of aryl methyl sites for hydroxylation is 1. The number of fused-ring (bicyclic) bond motifs is 1. The molecule has 2 N–H and O–H groups in total. The molecule has 182 valence electrons. The van der Waals surface area contributed by atoms with E-state index in [-0.39, 0.29) is 24.7 Å². The number of nitrogens with one attached hydrogen (secondary N) is 2. The minimum atomic E-state index is -0.743. The predicted molar refractivity (Wildman–Crippen MR) is 141 cm³/mol. The van der Waals surface area contributed by atoms with Crippen LogP contribution in [0.2, 0.25) is 0 Å². The van der Waals surface area contributed by atoms with Crippen molar-refractivity contribution in [2.24, 2.45) is 0 Å². The molecule has 4 aromatic rings. The number of H-pyrrole nitrogens is 1. The van der Waals surface area contributed by atoms with E-state index in [1.807, 2.05) is 91.9 Å². The third kappa shape index (κ3) is 6.19. The average molecular weight is 479 g/mol. The number of carbonyl (C=O) groups excluding carboxylic acids is 2. The lowest BCUT2D eigenvalue weighted by molar-refractivity contribution is -0.136. The highest BCUT2D eigenvalue weighted by molar-refractivity contribution is 5.92. The van der Waals surface area contributed by atoms with Gasteiger partial charge in [-0.25, -0.2) is 0 Å². The summed E-state index contributed by atoms with van der Waals surface area (Å²) in [6.07, 6.45) is 0.764. The number of rotatable bonds is 10. The van der Waals surface area contributed by atoms with E-state index in [0.717, 1.165) is 33.3 Å². The molecule has 6 nitrogen and oxygen atoms in total. The van der Waals surface area contributed by atoms with Gasteiger partial charge in [-0.1, -0.05) is 78.9 Å². The first-order valence-corrected chi connectivity index (χ1v) is 12.1. The summed E-state index contributed by atoms with van der Waals surface area (Å²) in [5.74, 6) is -0.404. The van der Waals surface area contributed by atoms with Gasteiger partial charge in [-0.3, -0.25) is 9.59 Å². The topological polar surface area (TPSA) is 89.0 Å². The molecule has 0 spiro atoms. The fraction of sp³-hybridized carbons (Fsp3) is 0.233. The van der Waals surface area contributed by atoms with Gasteiger partial charge >= 0.3 is 0 Å². The van der Waals surface area contributed by atoms with Crippen LogP contribution >= 0.6 is 0 Å². The molecule has 1 heterocycles. The zero-order valence-corrected chi connectivity index (χ0v) is 20.4. The average Bonchev–Trinajstić information content (AvgIpc) is 3.21. The van der Waals surface area contributed by atoms with Crippen molar-refractivity contribution >= 4 is 22.7 Å². The smallest absolute Gasteiger partial charge is 0.245 e. The van der Waals surface area contributed by atoms with Crippen LogP contribution < -0.4 is 5.32 Å². The van der Waals surface area contributed by atoms with Gasteiger partial charge in [-0.05, 0) is 29.7 Å². The van der Waals surface area contributed by atoms with Crippen LogP contribution in [0, 0.1) is 18.3 Å². The highest BCUT2D eigenvalue weighted by Gasteiger charge is 2.27. The van der Waals surface area contributed by atoms with E-state index in [9.17, 15) is 14.9 Å². The number of aromatic nitrogens is 1. The molecule has 0 aliphatic heterocycles. The van der Waals surface area contributed by atoms with Crippen LogP contribution in [0.4, 0.5) is 0 Å². The Morgan fingerprint density at radius 3 is 2.28 bits per heavy atom. The molecular formula is C30H30N4O2. The molecule has 0 unspecified atom stereocenters. The number of nitriles is 1. The first kappa shape index (κ1) is 24.7. The van der Waals surface area contributed by atoms with E-state index < -0.39 is 6.04 Å². The van der Waals surface area contributed by atoms with Gasteiger partial charge in [0.2, 0.25) is 11.8 Å². The van der Waals surface area contributed by atoms with Gasteiger partial charge in [0, 0.05) is 36.1 Å². The summed E-state index contributed by atoms with van der Waals surface area (Å²) in [5.41, 5.74) is 4.79. The zero-order valence-electron chi connectivity index (χ0n) is 20.4. The Morgan fingerprint density at radius 2 is 1.58 bits per heavy atom. The third-order valence-electron chi connectivity index (χ3n) is 6.30. The van der Waals surface area contributed by atoms with Gasteiger partial charge in [-0.2, -0.15) is 5.26 Å². The Morgan fingerprint density at radius 1 is 0.944 bits per heavy atom. The molecule has 0 aliphatic carbocycles. The second-order valence-corrected chi connectivity index (χ2v) is 8.91. The van der Waals surface area contributed by atoms with Crippen LogP contribution in [0.5, 0.6) is 0 Å². The van der Waals surface area contributed by atoms with Gasteiger partial charge < -0.3 is 15.2 Å². The Hall–Kier alpha value is -4.37. The lowest BCUT2D eigenvalue weighted by Gasteiger charge is -2.28. The quantitative estimate of drug-likeness (QED) is 0.347.